The maximum Gasteiger partial charge on any atom is 0.319 e. The lowest BCUT2D eigenvalue weighted by atomic mass is 9.89. The number of thiophene rings is 1. The number of aromatic nitrogens is 2. The van der Waals surface area contributed by atoms with Crippen molar-refractivity contribution in [3.8, 4) is 6.07 Å². The van der Waals surface area contributed by atoms with Crippen molar-refractivity contribution in [2.45, 2.75) is 26.2 Å². The number of nitrogens with zero attached hydrogens (tertiary/aromatic N) is 3. The van der Waals surface area contributed by atoms with Crippen molar-refractivity contribution in [1.82, 2.24) is 10.2 Å². The molecule has 8 nitrogen and oxygen atoms in total. The second-order valence-corrected chi connectivity index (χ2v) is 6.61. The highest BCUT2D eigenvalue weighted by Crippen LogP contribution is 2.39. The Kier molecular flexibility index (Phi) is 3.83. The number of rotatable bonds is 3. The number of amides is 1. The molecule has 0 aromatic carbocycles. The van der Waals surface area contributed by atoms with Gasteiger partial charge in [0, 0.05) is 4.88 Å². The summed E-state index contributed by atoms with van der Waals surface area (Å²) in [5, 5.41) is 29.2. The highest BCUT2D eigenvalue weighted by Gasteiger charge is 2.27. The summed E-state index contributed by atoms with van der Waals surface area (Å²) >= 11 is 1.37. The van der Waals surface area contributed by atoms with Crippen molar-refractivity contribution in [2.24, 2.45) is 5.92 Å². The van der Waals surface area contributed by atoms with E-state index in [-0.39, 0.29) is 5.69 Å². The predicted octanol–water partition coefficient (Wildman–Crippen LogP) is 2.63. The van der Waals surface area contributed by atoms with Gasteiger partial charge in [0.2, 0.25) is 5.69 Å². The minimum atomic E-state index is -0.676. The highest BCUT2D eigenvalue weighted by molar-refractivity contribution is 7.16. The average Bonchev–Trinajstić information content (AvgIpc) is 3.10. The Labute approximate surface area is 135 Å². The number of nitro groups is 1. The smallest absolute Gasteiger partial charge is 0.311 e. The molecule has 9 heteroatoms. The van der Waals surface area contributed by atoms with Gasteiger partial charge in [0.15, 0.2) is 0 Å². The van der Waals surface area contributed by atoms with Crippen LogP contribution in [0.3, 0.4) is 0 Å². The Morgan fingerprint density at radius 2 is 2.43 bits per heavy atom. The lowest BCUT2D eigenvalue weighted by Crippen LogP contribution is -2.14. The number of H-pyrrole nitrogens is 1. The van der Waals surface area contributed by atoms with E-state index in [9.17, 15) is 20.2 Å². The first kappa shape index (κ1) is 15.2. The zero-order chi connectivity index (χ0) is 16.6. The Morgan fingerprint density at radius 3 is 3.13 bits per heavy atom. The van der Waals surface area contributed by atoms with Gasteiger partial charge in [-0.3, -0.25) is 20.0 Å². The summed E-state index contributed by atoms with van der Waals surface area (Å²) in [7, 11) is 0. The molecule has 1 amide bonds. The Hall–Kier alpha value is -2.73. The molecule has 2 heterocycles. The maximum absolute atomic E-state index is 12.3. The molecule has 3 rings (SSSR count). The Morgan fingerprint density at radius 1 is 1.65 bits per heavy atom. The van der Waals surface area contributed by atoms with Crippen molar-refractivity contribution in [3.05, 3.63) is 38.0 Å². The molecule has 2 aromatic rings. The second kappa shape index (κ2) is 5.81. The van der Waals surface area contributed by atoms with E-state index in [0.717, 1.165) is 35.9 Å². The molecule has 118 valence electrons. The zero-order valence-corrected chi connectivity index (χ0v) is 13.1. The molecule has 0 saturated heterocycles. The van der Waals surface area contributed by atoms with Crippen LogP contribution >= 0.6 is 11.3 Å². The van der Waals surface area contributed by atoms with E-state index in [0.29, 0.717) is 16.5 Å². The average molecular weight is 331 g/mol. The summed E-state index contributed by atoms with van der Waals surface area (Å²) in [6.45, 7) is 2.15. The predicted molar refractivity (Wildman–Crippen MR) is 83.4 cm³/mol. The van der Waals surface area contributed by atoms with E-state index >= 15 is 0 Å². The second-order valence-electron chi connectivity index (χ2n) is 5.51. The van der Waals surface area contributed by atoms with Crippen molar-refractivity contribution in [1.29, 1.82) is 5.26 Å². The standard InChI is InChI=1S/C14H13N5O3S/c1-7-2-3-8-9(5-15)14(23-11(8)4-7)17-13(20)12-10(19(21)22)6-16-18-12/h6-7H,2-4H2,1H3,(H,16,18)(H,17,20). The number of hydrogen-bond donors (Lipinski definition) is 2. The molecule has 0 radical (unpaired) electrons. The third-order valence-corrected chi connectivity index (χ3v) is 5.06. The lowest BCUT2D eigenvalue weighted by molar-refractivity contribution is -0.385. The summed E-state index contributed by atoms with van der Waals surface area (Å²) < 4.78 is 0. The molecule has 2 aromatic heterocycles. The van der Waals surface area contributed by atoms with E-state index in [4.69, 9.17) is 0 Å². The van der Waals surface area contributed by atoms with Gasteiger partial charge in [0.05, 0.1) is 10.5 Å². The first-order chi connectivity index (χ1) is 11.0. The fraction of sp³-hybridized carbons (Fsp3) is 0.357. The van der Waals surface area contributed by atoms with Crippen LogP contribution in [0.1, 0.15) is 39.8 Å². The molecule has 1 aliphatic carbocycles. The third kappa shape index (κ3) is 2.68. The number of carbonyl (C=O) groups excluding carboxylic acids is 1. The van der Waals surface area contributed by atoms with E-state index in [1.807, 2.05) is 0 Å². The van der Waals surface area contributed by atoms with E-state index < -0.39 is 16.5 Å². The SMILES string of the molecule is CC1CCc2c(sc(NC(=O)c3[nH]ncc3[N+](=O)[O-])c2C#N)C1. The number of nitrogens with one attached hydrogen (secondary N) is 2. The largest absolute Gasteiger partial charge is 0.319 e. The van der Waals surface area contributed by atoms with Crippen molar-refractivity contribution < 1.29 is 9.72 Å². The fourth-order valence-corrected chi connectivity index (χ4v) is 4.06. The third-order valence-electron chi connectivity index (χ3n) is 3.89. The Bertz CT molecular complexity index is 832. The molecule has 23 heavy (non-hydrogen) atoms. The van der Waals surface area contributed by atoms with Crippen molar-refractivity contribution in [2.75, 3.05) is 5.32 Å². The van der Waals surface area contributed by atoms with Crippen LogP contribution in [0.4, 0.5) is 10.7 Å². The van der Waals surface area contributed by atoms with Gasteiger partial charge in [-0.2, -0.15) is 10.4 Å². The van der Waals surface area contributed by atoms with E-state index in [1.165, 1.54) is 11.3 Å². The van der Waals surface area contributed by atoms with Gasteiger partial charge in [-0.15, -0.1) is 11.3 Å². The van der Waals surface area contributed by atoms with Crippen molar-refractivity contribution in [3.63, 3.8) is 0 Å². The van der Waals surface area contributed by atoms with Crippen LogP contribution in [0.5, 0.6) is 0 Å². The molecule has 2 N–H and O–H groups in total. The minimum absolute atomic E-state index is 0.223. The van der Waals surface area contributed by atoms with Crippen LogP contribution in [-0.4, -0.2) is 21.0 Å². The zero-order valence-electron chi connectivity index (χ0n) is 12.3. The highest BCUT2D eigenvalue weighted by atomic mass is 32.1. The topological polar surface area (TPSA) is 125 Å². The fourth-order valence-electron chi connectivity index (χ4n) is 2.71. The van der Waals surface area contributed by atoms with Crippen molar-refractivity contribution >= 4 is 27.9 Å². The summed E-state index contributed by atoms with van der Waals surface area (Å²) in [5.74, 6) is -0.123. The van der Waals surface area contributed by atoms with Crippen LogP contribution in [0.15, 0.2) is 6.20 Å². The summed E-state index contributed by atoms with van der Waals surface area (Å²) in [4.78, 5) is 23.6. The number of carbonyl (C=O) groups is 1. The summed E-state index contributed by atoms with van der Waals surface area (Å²) in [6, 6.07) is 2.14. The molecule has 0 saturated carbocycles. The van der Waals surface area contributed by atoms with Gasteiger partial charge in [-0.25, -0.2) is 0 Å². The number of hydrogen-bond acceptors (Lipinski definition) is 6. The number of fused-ring (bicyclic) bond motifs is 1. The quantitative estimate of drug-likeness (QED) is 0.660. The molecule has 1 unspecified atom stereocenters. The van der Waals surface area contributed by atoms with E-state index in [2.05, 4.69) is 28.5 Å². The summed E-state index contributed by atoms with van der Waals surface area (Å²) in [5.41, 5.74) is 0.840. The molecule has 0 fully saturated rings. The molecule has 0 spiro atoms. The first-order valence-corrected chi connectivity index (χ1v) is 7.86. The van der Waals surface area contributed by atoms with Gasteiger partial charge < -0.3 is 5.32 Å². The van der Waals surface area contributed by atoms with Gasteiger partial charge in [-0.05, 0) is 30.7 Å². The van der Waals surface area contributed by atoms with Crippen LogP contribution in [0.2, 0.25) is 0 Å². The first-order valence-electron chi connectivity index (χ1n) is 7.05. The molecular formula is C14H13N5O3S. The molecule has 1 atom stereocenters. The van der Waals surface area contributed by atoms with Crippen LogP contribution < -0.4 is 5.32 Å². The molecule has 0 bridgehead atoms. The summed E-state index contributed by atoms with van der Waals surface area (Å²) in [6.07, 6.45) is 3.70. The maximum atomic E-state index is 12.3. The van der Waals surface area contributed by atoms with Gasteiger partial charge in [0.25, 0.3) is 5.91 Å². The van der Waals surface area contributed by atoms with Gasteiger partial charge >= 0.3 is 5.69 Å². The normalized spacial score (nSPS) is 16.4. The molecule has 0 aliphatic heterocycles. The monoisotopic (exact) mass is 331 g/mol. The lowest BCUT2D eigenvalue weighted by Gasteiger charge is -2.17. The van der Waals surface area contributed by atoms with Crippen LogP contribution in [0, 0.1) is 27.4 Å². The van der Waals surface area contributed by atoms with E-state index in [1.54, 1.807) is 0 Å². The number of anilines is 1. The minimum Gasteiger partial charge on any atom is -0.311 e. The number of aromatic amines is 1. The Balaban J connectivity index is 1.91. The molecular weight excluding hydrogens is 318 g/mol. The van der Waals surface area contributed by atoms with Gasteiger partial charge in [0.1, 0.15) is 17.3 Å². The molecule has 1 aliphatic rings. The van der Waals surface area contributed by atoms with Gasteiger partial charge in [-0.1, -0.05) is 6.92 Å². The van der Waals surface area contributed by atoms with Crippen LogP contribution in [-0.2, 0) is 12.8 Å². The number of nitriles is 1. The van der Waals surface area contributed by atoms with Crippen LogP contribution in [0.25, 0.3) is 0 Å².